The topological polar surface area (TPSA) is 17.1 Å². The predicted octanol–water partition coefficient (Wildman–Crippen LogP) is 1.96. The van der Waals surface area contributed by atoms with Crippen LogP contribution in [-0.2, 0) is 4.79 Å². The molecule has 1 fully saturated rings. The Bertz CT molecular complexity index is 157. The second-order valence-corrected chi connectivity index (χ2v) is 3.97. The zero-order chi connectivity index (χ0) is 7.94. The molecule has 10 heavy (non-hydrogen) atoms. The van der Waals surface area contributed by atoms with Gasteiger partial charge < -0.3 is 0 Å². The lowest BCUT2D eigenvalue weighted by atomic mass is 9.88. The molecule has 0 aromatic carbocycles. The fourth-order valence-corrected chi connectivity index (χ4v) is 0.991. The number of alkyl halides is 1. The van der Waals surface area contributed by atoms with Crippen molar-refractivity contribution in [3.05, 3.63) is 0 Å². The minimum absolute atomic E-state index is 0.0694. The maximum Gasteiger partial charge on any atom is 0.144 e. The van der Waals surface area contributed by atoms with Crippen molar-refractivity contribution in [2.45, 2.75) is 33.4 Å². The Morgan fingerprint density at radius 2 is 1.90 bits per heavy atom. The Morgan fingerprint density at radius 1 is 1.50 bits per heavy atom. The lowest BCUT2D eigenvalue weighted by molar-refractivity contribution is -0.127. The molecule has 2 heteroatoms. The molecule has 0 bridgehead atoms. The average Bonchev–Trinajstić information content (AvgIpc) is 2.42. The molecular weight excluding hydrogens is 131 g/mol. The van der Waals surface area contributed by atoms with Gasteiger partial charge in [0.1, 0.15) is 12.0 Å². The molecule has 0 aliphatic heterocycles. The Kier molecular flexibility index (Phi) is 1.57. The summed E-state index contributed by atoms with van der Waals surface area (Å²) < 4.78 is 12.3. The molecule has 1 unspecified atom stereocenters. The molecule has 0 heterocycles. The Morgan fingerprint density at radius 3 is 2.00 bits per heavy atom. The van der Waals surface area contributed by atoms with E-state index in [1.807, 2.05) is 20.8 Å². The predicted molar refractivity (Wildman–Crippen MR) is 37.5 cm³/mol. The van der Waals surface area contributed by atoms with Crippen molar-refractivity contribution in [3.63, 3.8) is 0 Å². The van der Waals surface area contributed by atoms with Crippen LogP contribution < -0.4 is 0 Å². The molecule has 58 valence electrons. The summed E-state index contributed by atoms with van der Waals surface area (Å²) in [5.74, 6) is -0.208. The number of halogens is 1. The van der Waals surface area contributed by atoms with Crippen molar-refractivity contribution >= 4 is 5.78 Å². The fourth-order valence-electron chi connectivity index (χ4n) is 0.991. The van der Waals surface area contributed by atoms with Gasteiger partial charge >= 0.3 is 0 Å². The minimum Gasteiger partial charge on any atom is -0.299 e. The quantitative estimate of drug-likeness (QED) is 0.549. The molecule has 2 atom stereocenters. The van der Waals surface area contributed by atoms with E-state index < -0.39 is 6.17 Å². The maximum atomic E-state index is 12.3. The molecule has 0 spiro atoms. The summed E-state index contributed by atoms with van der Waals surface area (Å²) in [4.78, 5) is 11.2. The summed E-state index contributed by atoms with van der Waals surface area (Å²) in [6.45, 7) is 5.50. The standard InChI is InChI=1S/C8H13FO/c1-8(2,3)7(10)5-4-6(5)9/h5-6H,4H2,1-3H3/t5?,6-/m1/s1. The van der Waals surface area contributed by atoms with E-state index in [1.165, 1.54) is 0 Å². The summed E-state index contributed by atoms with van der Waals surface area (Å²) in [5.41, 5.74) is -0.356. The van der Waals surface area contributed by atoms with Crippen molar-refractivity contribution in [3.8, 4) is 0 Å². The van der Waals surface area contributed by atoms with Gasteiger partial charge in [-0.3, -0.25) is 4.79 Å². The highest BCUT2D eigenvalue weighted by atomic mass is 19.1. The molecule has 0 aromatic heterocycles. The minimum atomic E-state index is -0.841. The monoisotopic (exact) mass is 144 g/mol. The SMILES string of the molecule is CC(C)(C)C(=O)C1C[C@H]1F. The molecule has 1 aliphatic carbocycles. The van der Waals surface area contributed by atoms with E-state index in [-0.39, 0.29) is 17.1 Å². The van der Waals surface area contributed by atoms with E-state index >= 15 is 0 Å². The zero-order valence-electron chi connectivity index (χ0n) is 6.65. The summed E-state index contributed by atoms with van der Waals surface area (Å²) in [6, 6.07) is 0. The number of carbonyl (C=O) groups is 1. The molecule has 1 rings (SSSR count). The number of hydrogen-bond donors (Lipinski definition) is 0. The van der Waals surface area contributed by atoms with Gasteiger partial charge in [0.05, 0.1) is 5.92 Å². The lowest BCUT2D eigenvalue weighted by Gasteiger charge is -2.15. The first-order valence-corrected chi connectivity index (χ1v) is 3.61. The van der Waals surface area contributed by atoms with Gasteiger partial charge in [-0.15, -0.1) is 0 Å². The second-order valence-electron chi connectivity index (χ2n) is 3.97. The fraction of sp³-hybridized carbons (Fsp3) is 0.875. The molecule has 0 radical (unpaired) electrons. The van der Waals surface area contributed by atoms with Crippen LogP contribution in [0, 0.1) is 11.3 Å². The first-order valence-electron chi connectivity index (χ1n) is 3.61. The van der Waals surface area contributed by atoms with Crippen LogP contribution in [-0.4, -0.2) is 12.0 Å². The lowest BCUT2D eigenvalue weighted by Crippen LogP contribution is -2.22. The normalized spacial score (nSPS) is 32.0. The van der Waals surface area contributed by atoms with Gasteiger partial charge in [0.15, 0.2) is 0 Å². The first-order chi connectivity index (χ1) is 4.43. The van der Waals surface area contributed by atoms with Gasteiger partial charge in [-0.05, 0) is 6.42 Å². The summed E-state index contributed by atoms with van der Waals surface area (Å²) in [7, 11) is 0. The van der Waals surface area contributed by atoms with Crippen LogP contribution in [0.3, 0.4) is 0 Å². The van der Waals surface area contributed by atoms with E-state index in [1.54, 1.807) is 0 Å². The average molecular weight is 144 g/mol. The first kappa shape index (κ1) is 7.70. The van der Waals surface area contributed by atoms with E-state index in [2.05, 4.69) is 0 Å². The molecule has 0 N–H and O–H groups in total. The molecule has 0 aromatic rings. The van der Waals surface area contributed by atoms with Crippen LogP contribution in [0.25, 0.3) is 0 Å². The van der Waals surface area contributed by atoms with E-state index in [0.717, 1.165) is 0 Å². The Balaban J connectivity index is 2.51. The Hall–Kier alpha value is -0.400. The maximum absolute atomic E-state index is 12.3. The van der Waals surface area contributed by atoms with Crippen LogP contribution in [0.5, 0.6) is 0 Å². The summed E-state index contributed by atoms with van der Waals surface area (Å²) in [6.07, 6.45) is -0.387. The van der Waals surface area contributed by atoms with Gasteiger partial charge in [-0.25, -0.2) is 4.39 Å². The molecule has 0 amide bonds. The number of Topliss-reactive ketones (excluding diaryl/α,β-unsaturated/α-hetero) is 1. The third-order valence-corrected chi connectivity index (χ3v) is 1.79. The van der Waals surface area contributed by atoms with Crippen molar-refractivity contribution in [1.82, 2.24) is 0 Å². The van der Waals surface area contributed by atoms with Gasteiger partial charge in [-0.1, -0.05) is 20.8 Å². The highest BCUT2D eigenvalue weighted by molar-refractivity contribution is 5.88. The smallest absolute Gasteiger partial charge is 0.144 e. The van der Waals surface area contributed by atoms with Crippen LogP contribution in [0.1, 0.15) is 27.2 Å². The summed E-state index contributed by atoms with van der Waals surface area (Å²) >= 11 is 0. The van der Waals surface area contributed by atoms with Crippen LogP contribution in [0.15, 0.2) is 0 Å². The molecule has 1 aliphatic rings. The van der Waals surface area contributed by atoms with Gasteiger partial charge in [0, 0.05) is 5.41 Å². The van der Waals surface area contributed by atoms with E-state index in [9.17, 15) is 9.18 Å². The number of hydrogen-bond acceptors (Lipinski definition) is 1. The van der Waals surface area contributed by atoms with Gasteiger partial charge in [-0.2, -0.15) is 0 Å². The van der Waals surface area contributed by atoms with Crippen molar-refractivity contribution in [1.29, 1.82) is 0 Å². The van der Waals surface area contributed by atoms with Gasteiger partial charge in [0.2, 0.25) is 0 Å². The van der Waals surface area contributed by atoms with Crippen molar-refractivity contribution < 1.29 is 9.18 Å². The summed E-state index contributed by atoms with van der Waals surface area (Å²) in [5, 5.41) is 0. The molecule has 0 saturated heterocycles. The van der Waals surface area contributed by atoms with Crippen LogP contribution in [0.2, 0.25) is 0 Å². The van der Waals surface area contributed by atoms with Crippen LogP contribution >= 0.6 is 0 Å². The molecule has 1 saturated carbocycles. The Labute approximate surface area is 60.6 Å². The zero-order valence-corrected chi connectivity index (χ0v) is 6.65. The number of carbonyl (C=O) groups excluding carboxylic acids is 1. The second kappa shape index (κ2) is 2.04. The van der Waals surface area contributed by atoms with E-state index in [4.69, 9.17) is 0 Å². The molecular formula is C8H13FO. The van der Waals surface area contributed by atoms with Gasteiger partial charge in [0.25, 0.3) is 0 Å². The number of rotatable bonds is 1. The van der Waals surface area contributed by atoms with Crippen molar-refractivity contribution in [2.75, 3.05) is 0 Å². The number of ketones is 1. The van der Waals surface area contributed by atoms with Crippen molar-refractivity contribution in [2.24, 2.45) is 11.3 Å². The van der Waals surface area contributed by atoms with Crippen LogP contribution in [0.4, 0.5) is 4.39 Å². The highest BCUT2D eigenvalue weighted by Gasteiger charge is 2.46. The third kappa shape index (κ3) is 1.36. The highest BCUT2D eigenvalue weighted by Crippen LogP contribution is 2.39. The van der Waals surface area contributed by atoms with E-state index in [0.29, 0.717) is 6.42 Å². The molecule has 1 nitrogen and oxygen atoms in total. The largest absolute Gasteiger partial charge is 0.299 e. The third-order valence-electron chi connectivity index (χ3n) is 1.79.